The summed E-state index contributed by atoms with van der Waals surface area (Å²) in [5.41, 5.74) is 1.15. The molecule has 3 rings (SSSR count). The highest BCUT2D eigenvalue weighted by Gasteiger charge is 2.15. The number of aryl methyl sites for hydroxylation is 1. The minimum absolute atomic E-state index is 0. The molecular weight excluding hydrogens is 467 g/mol. The summed E-state index contributed by atoms with van der Waals surface area (Å²) in [5, 5.41) is 15.4. The third-order valence-corrected chi connectivity index (χ3v) is 5.12. The van der Waals surface area contributed by atoms with E-state index < -0.39 is 0 Å². The highest BCUT2D eigenvalue weighted by molar-refractivity contribution is 14.0. The topological polar surface area (TPSA) is 76.4 Å². The monoisotopic (exact) mass is 498 g/mol. The van der Waals surface area contributed by atoms with Gasteiger partial charge in [-0.1, -0.05) is 31.4 Å². The zero-order chi connectivity index (χ0) is 19.1. The number of rotatable bonds is 6. The molecule has 0 atom stereocenters. The van der Waals surface area contributed by atoms with E-state index >= 15 is 0 Å². The third kappa shape index (κ3) is 6.35. The van der Waals surface area contributed by atoms with Crippen LogP contribution in [0.4, 0.5) is 0 Å². The van der Waals surface area contributed by atoms with Crippen LogP contribution in [-0.2, 0) is 20.1 Å². The van der Waals surface area contributed by atoms with Crippen molar-refractivity contribution < 1.29 is 4.74 Å². The first-order chi connectivity index (χ1) is 13.2. The molecule has 2 aromatic rings. The van der Waals surface area contributed by atoms with Crippen LogP contribution in [0, 0.1) is 6.92 Å². The molecule has 0 amide bonds. The first kappa shape index (κ1) is 22.4. The smallest absolute Gasteiger partial charge is 0.192 e. The first-order valence-corrected chi connectivity index (χ1v) is 9.68. The molecule has 28 heavy (non-hydrogen) atoms. The molecule has 0 aliphatic heterocycles. The van der Waals surface area contributed by atoms with Gasteiger partial charge in [-0.3, -0.25) is 0 Å². The Morgan fingerprint density at radius 1 is 1.18 bits per heavy atom. The van der Waals surface area contributed by atoms with Gasteiger partial charge in [0.05, 0.1) is 20.2 Å². The second kappa shape index (κ2) is 11.2. The zero-order valence-corrected chi connectivity index (χ0v) is 19.3. The van der Waals surface area contributed by atoms with E-state index in [0.29, 0.717) is 19.1 Å². The van der Waals surface area contributed by atoms with Gasteiger partial charge in [0.2, 0.25) is 0 Å². The maximum absolute atomic E-state index is 5.22. The maximum Gasteiger partial charge on any atom is 0.192 e. The number of hydrogen-bond donors (Lipinski definition) is 2. The van der Waals surface area contributed by atoms with Crippen LogP contribution in [0.3, 0.4) is 0 Å². The molecule has 2 N–H and O–H groups in total. The molecule has 0 unspecified atom stereocenters. The molecule has 1 heterocycles. The van der Waals surface area contributed by atoms with Crippen molar-refractivity contribution in [2.24, 2.45) is 12.0 Å². The van der Waals surface area contributed by atoms with Gasteiger partial charge in [0.1, 0.15) is 11.6 Å². The molecule has 1 aliphatic carbocycles. The average Bonchev–Trinajstić information content (AvgIpc) is 3.03. The molecule has 154 valence electrons. The van der Waals surface area contributed by atoms with Gasteiger partial charge >= 0.3 is 0 Å². The average molecular weight is 498 g/mol. The van der Waals surface area contributed by atoms with E-state index in [1.807, 2.05) is 42.8 Å². The van der Waals surface area contributed by atoms with E-state index in [0.717, 1.165) is 28.9 Å². The van der Waals surface area contributed by atoms with Crippen molar-refractivity contribution in [3.63, 3.8) is 0 Å². The van der Waals surface area contributed by atoms with Crippen molar-refractivity contribution in [1.29, 1.82) is 0 Å². The van der Waals surface area contributed by atoms with Gasteiger partial charge in [-0.25, -0.2) is 4.99 Å². The normalized spacial score (nSPS) is 15.0. The first-order valence-electron chi connectivity index (χ1n) is 9.68. The lowest BCUT2D eigenvalue weighted by Gasteiger charge is -2.25. The third-order valence-electron chi connectivity index (χ3n) is 5.12. The molecule has 1 aliphatic rings. The van der Waals surface area contributed by atoms with Gasteiger partial charge in [-0.15, -0.1) is 34.2 Å². The molecular formula is C20H31IN6O. The van der Waals surface area contributed by atoms with Crippen molar-refractivity contribution in [2.45, 2.75) is 58.2 Å². The Balaban J connectivity index is 0.00000280. The minimum Gasteiger partial charge on any atom is -0.497 e. The molecule has 8 heteroatoms. The maximum atomic E-state index is 5.22. The number of guanidine groups is 1. The van der Waals surface area contributed by atoms with Crippen molar-refractivity contribution in [1.82, 2.24) is 25.4 Å². The number of benzene rings is 1. The Morgan fingerprint density at radius 3 is 2.50 bits per heavy atom. The highest BCUT2D eigenvalue weighted by atomic mass is 127. The number of nitrogens with zero attached hydrogens (tertiary/aromatic N) is 4. The number of halogens is 1. The van der Waals surface area contributed by atoms with Crippen LogP contribution in [0.15, 0.2) is 29.3 Å². The van der Waals surface area contributed by atoms with Crippen LogP contribution in [0.5, 0.6) is 5.75 Å². The van der Waals surface area contributed by atoms with Crippen molar-refractivity contribution in [2.75, 3.05) is 7.11 Å². The Kier molecular flexibility index (Phi) is 9.01. The summed E-state index contributed by atoms with van der Waals surface area (Å²) in [5.74, 6) is 3.50. The molecule has 0 saturated heterocycles. The van der Waals surface area contributed by atoms with Gasteiger partial charge in [0, 0.05) is 13.1 Å². The molecule has 1 aromatic carbocycles. The SMILES string of the molecule is COc1ccc(CN=C(NCc2nnc(C)n2C)NC2CCCCC2)cc1.I. The van der Waals surface area contributed by atoms with Crippen LogP contribution in [0.1, 0.15) is 49.3 Å². The van der Waals surface area contributed by atoms with E-state index in [2.05, 4.69) is 20.8 Å². The molecule has 0 spiro atoms. The van der Waals surface area contributed by atoms with E-state index in [9.17, 15) is 0 Å². The molecule has 0 bridgehead atoms. The van der Waals surface area contributed by atoms with Gasteiger partial charge in [0.15, 0.2) is 11.8 Å². The van der Waals surface area contributed by atoms with Crippen LogP contribution in [-0.4, -0.2) is 33.9 Å². The Hall–Kier alpha value is -1.84. The lowest BCUT2D eigenvalue weighted by Crippen LogP contribution is -2.44. The lowest BCUT2D eigenvalue weighted by molar-refractivity contribution is 0.409. The molecule has 7 nitrogen and oxygen atoms in total. The standard InChI is InChI=1S/C20H30N6O.HI/c1-15-24-25-19(26(15)2)14-22-20(23-17-7-5-4-6-8-17)21-13-16-9-11-18(27-3)12-10-16;/h9-12,17H,4-8,13-14H2,1-3H3,(H2,21,22,23);1H. The Bertz CT molecular complexity index is 753. The quantitative estimate of drug-likeness (QED) is 0.363. The van der Waals surface area contributed by atoms with E-state index in [-0.39, 0.29) is 24.0 Å². The fraction of sp³-hybridized carbons (Fsp3) is 0.550. The number of aromatic nitrogens is 3. The zero-order valence-electron chi connectivity index (χ0n) is 16.9. The Morgan fingerprint density at radius 2 is 1.89 bits per heavy atom. The second-order valence-corrected chi connectivity index (χ2v) is 7.07. The van der Waals surface area contributed by atoms with E-state index in [1.165, 1.54) is 32.1 Å². The van der Waals surface area contributed by atoms with Gasteiger partial charge in [0.25, 0.3) is 0 Å². The summed E-state index contributed by atoms with van der Waals surface area (Å²) in [6.07, 6.45) is 6.30. The largest absolute Gasteiger partial charge is 0.497 e. The predicted molar refractivity (Wildman–Crippen MR) is 122 cm³/mol. The fourth-order valence-corrected chi connectivity index (χ4v) is 3.26. The number of aliphatic imine (C=N–C) groups is 1. The van der Waals surface area contributed by atoms with Gasteiger partial charge < -0.3 is 19.9 Å². The van der Waals surface area contributed by atoms with Gasteiger partial charge in [-0.2, -0.15) is 0 Å². The second-order valence-electron chi connectivity index (χ2n) is 7.07. The lowest BCUT2D eigenvalue weighted by atomic mass is 9.96. The van der Waals surface area contributed by atoms with Crippen molar-refractivity contribution >= 4 is 29.9 Å². The summed E-state index contributed by atoms with van der Waals surface area (Å²) >= 11 is 0. The molecule has 0 radical (unpaired) electrons. The number of methoxy groups -OCH3 is 1. The highest BCUT2D eigenvalue weighted by Crippen LogP contribution is 2.17. The summed E-state index contributed by atoms with van der Waals surface area (Å²) in [4.78, 5) is 4.79. The molecule has 1 aromatic heterocycles. The summed E-state index contributed by atoms with van der Waals surface area (Å²) in [6.45, 7) is 3.16. The van der Waals surface area contributed by atoms with Crippen LogP contribution in [0.25, 0.3) is 0 Å². The van der Waals surface area contributed by atoms with Gasteiger partial charge in [-0.05, 0) is 37.5 Å². The van der Waals surface area contributed by atoms with E-state index in [4.69, 9.17) is 9.73 Å². The Labute approximate surface area is 184 Å². The summed E-state index contributed by atoms with van der Waals surface area (Å²) < 4.78 is 7.22. The molecule has 1 saturated carbocycles. The van der Waals surface area contributed by atoms with E-state index in [1.54, 1.807) is 7.11 Å². The van der Waals surface area contributed by atoms with Crippen LogP contribution < -0.4 is 15.4 Å². The number of hydrogen-bond acceptors (Lipinski definition) is 4. The van der Waals surface area contributed by atoms with Crippen molar-refractivity contribution in [3.05, 3.63) is 41.5 Å². The predicted octanol–water partition coefficient (Wildman–Crippen LogP) is 3.32. The van der Waals surface area contributed by atoms with Crippen LogP contribution >= 0.6 is 24.0 Å². The van der Waals surface area contributed by atoms with Crippen molar-refractivity contribution in [3.8, 4) is 5.75 Å². The molecule has 1 fully saturated rings. The fourth-order valence-electron chi connectivity index (χ4n) is 3.26. The number of nitrogens with one attached hydrogen (secondary N) is 2. The summed E-state index contributed by atoms with van der Waals surface area (Å²) in [7, 11) is 3.66. The summed E-state index contributed by atoms with van der Waals surface area (Å²) in [6, 6.07) is 8.52. The number of ether oxygens (including phenoxy) is 1. The van der Waals surface area contributed by atoms with Crippen LogP contribution in [0.2, 0.25) is 0 Å². The minimum atomic E-state index is 0.